The lowest BCUT2D eigenvalue weighted by molar-refractivity contribution is -0.136. The van der Waals surface area contributed by atoms with Crippen LogP contribution in [-0.2, 0) is 11.2 Å². The van der Waals surface area contributed by atoms with Gasteiger partial charge in [-0.05, 0) is 73.5 Å². The molecule has 2 aromatic carbocycles. The van der Waals surface area contributed by atoms with Gasteiger partial charge in [0.05, 0.1) is 6.04 Å². The van der Waals surface area contributed by atoms with Crippen molar-refractivity contribution in [2.45, 2.75) is 45.7 Å². The molecule has 184 valence electrons. The summed E-state index contributed by atoms with van der Waals surface area (Å²) in [4.78, 5) is 31.9. The van der Waals surface area contributed by atoms with Crippen LogP contribution >= 0.6 is 22.9 Å². The zero-order valence-electron chi connectivity index (χ0n) is 20.4. The van der Waals surface area contributed by atoms with Gasteiger partial charge in [-0.1, -0.05) is 42.8 Å². The molecule has 0 aliphatic carbocycles. The fourth-order valence-corrected chi connectivity index (χ4v) is 5.55. The monoisotopic (exact) mass is 510 g/mol. The summed E-state index contributed by atoms with van der Waals surface area (Å²) in [5, 5.41) is 2.58. The van der Waals surface area contributed by atoms with E-state index >= 15 is 0 Å². The van der Waals surface area contributed by atoms with E-state index in [1.807, 2.05) is 49.9 Å². The number of thiophene rings is 1. The van der Waals surface area contributed by atoms with E-state index in [1.54, 1.807) is 40.5 Å². The van der Waals surface area contributed by atoms with Crippen LogP contribution in [-0.4, -0.2) is 47.4 Å². The second kappa shape index (κ2) is 11.3. The molecule has 2 atom stereocenters. The summed E-state index contributed by atoms with van der Waals surface area (Å²) in [5.41, 5.74) is 2.69. The summed E-state index contributed by atoms with van der Waals surface area (Å²) in [6.45, 7) is 6.99. The highest BCUT2D eigenvalue weighted by atomic mass is 35.5. The number of halogens is 1. The van der Waals surface area contributed by atoms with Gasteiger partial charge in [-0.15, -0.1) is 11.3 Å². The fraction of sp³-hybridized carbons (Fsp3) is 0.357. The molecule has 0 N–H and O–H groups in total. The van der Waals surface area contributed by atoms with Crippen molar-refractivity contribution >= 4 is 34.8 Å². The number of fused-ring (bicyclic) bond motifs is 1. The summed E-state index contributed by atoms with van der Waals surface area (Å²) in [6, 6.07) is 16.6. The van der Waals surface area contributed by atoms with Crippen molar-refractivity contribution in [3.05, 3.63) is 86.6 Å². The van der Waals surface area contributed by atoms with Crippen LogP contribution < -0.4 is 4.74 Å². The maximum atomic E-state index is 13.7. The van der Waals surface area contributed by atoms with Gasteiger partial charge in [-0.25, -0.2) is 0 Å². The van der Waals surface area contributed by atoms with Crippen LogP contribution in [0.1, 0.15) is 52.7 Å². The van der Waals surface area contributed by atoms with Crippen LogP contribution in [0.3, 0.4) is 0 Å². The van der Waals surface area contributed by atoms with Crippen molar-refractivity contribution in [2.75, 3.05) is 19.7 Å². The van der Waals surface area contributed by atoms with Gasteiger partial charge in [0.15, 0.2) is 0 Å². The Balaban J connectivity index is 1.56. The average Bonchev–Trinajstić information content (AvgIpc) is 3.35. The first kappa shape index (κ1) is 25.3. The van der Waals surface area contributed by atoms with Crippen molar-refractivity contribution in [1.29, 1.82) is 0 Å². The van der Waals surface area contributed by atoms with E-state index in [0.717, 1.165) is 29.7 Å². The maximum Gasteiger partial charge on any atom is 0.254 e. The second-order valence-electron chi connectivity index (χ2n) is 8.93. The molecule has 3 aromatic rings. The molecule has 0 bridgehead atoms. The number of para-hydroxylation sites is 1. The Bertz CT molecular complexity index is 1190. The normalized spacial score (nSPS) is 15.9. The number of ether oxygens (including phenoxy) is 1. The SMILES string of the molecule is CC[C@@H](C)N(CC(=O)N1CCc2sccc2[C@H]1COc1ccccc1C)C(=O)c1cccc(Cl)c1. The number of aryl methyl sites for hydroxylation is 1. The number of nitrogens with zero attached hydrogens (tertiary/aromatic N) is 2. The first-order valence-electron chi connectivity index (χ1n) is 12.0. The van der Waals surface area contributed by atoms with Crippen LogP contribution in [0.25, 0.3) is 0 Å². The number of amides is 2. The summed E-state index contributed by atoms with van der Waals surface area (Å²) in [5.74, 6) is 0.562. The molecule has 35 heavy (non-hydrogen) atoms. The molecule has 1 aliphatic heterocycles. The topological polar surface area (TPSA) is 49.9 Å². The molecule has 0 spiro atoms. The summed E-state index contributed by atoms with van der Waals surface area (Å²) >= 11 is 7.85. The Kier molecular flexibility index (Phi) is 8.14. The Labute approximate surface area is 216 Å². The molecule has 5 nitrogen and oxygen atoms in total. The average molecular weight is 511 g/mol. The quantitative estimate of drug-likeness (QED) is 0.365. The smallest absolute Gasteiger partial charge is 0.254 e. The van der Waals surface area contributed by atoms with Gasteiger partial charge in [0.25, 0.3) is 5.91 Å². The van der Waals surface area contributed by atoms with E-state index in [0.29, 0.717) is 23.7 Å². The Morgan fingerprint density at radius 3 is 2.74 bits per heavy atom. The first-order valence-corrected chi connectivity index (χ1v) is 13.3. The molecule has 0 saturated carbocycles. The standard InChI is InChI=1S/C28H31ClN2O3S/c1-4-20(3)31(28(33)21-9-7-10-22(29)16-21)17-27(32)30-14-12-26-23(13-15-35-26)24(30)18-34-25-11-6-5-8-19(25)2/h5-11,13,15-16,20,24H,4,12,14,17-18H2,1-3H3/t20-,24-/m1/s1. The van der Waals surface area contributed by atoms with Gasteiger partial charge in [-0.2, -0.15) is 0 Å². The van der Waals surface area contributed by atoms with Crippen molar-refractivity contribution in [3.8, 4) is 5.75 Å². The molecular weight excluding hydrogens is 480 g/mol. The maximum absolute atomic E-state index is 13.7. The van der Waals surface area contributed by atoms with Crippen LogP contribution in [0.15, 0.2) is 60.0 Å². The number of hydrogen-bond donors (Lipinski definition) is 0. The summed E-state index contributed by atoms with van der Waals surface area (Å²) < 4.78 is 6.20. The molecular formula is C28H31ClN2O3S. The molecule has 7 heteroatoms. The van der Waals surface area contributed by atoms with E-state index in [9.17, 15) is 9.59 Å². The van der Waals surface area contributed by atoms with E-state index in [-0.39, 0.29) is 30.4 Å². The van der Waals surface area contributed by atoms with Crippen molar-refractivity contribution in [2.24, 2.45) is 0 Å². The number of hydrogen-bond acceptors (Lipinski definition) is 4. The van der Waals surface area contributed by atoms with Crippen LogP contribution in [0, 0.1) is 6.92 Å². The predicted octanol–water partition coefficient (Wildman–Crippen LogP) is 6.16. The highest BCUT2D eigenvalue weighted by Crippen LogP contribution is 2.34. The van der Waals surface area contributed by atoms with E-state index in [4.69, 9.17) is 16.3 Å². The van der Waals surface area contributed by atoms with Gasteiger partial charge >= 0.3 is 0 Å². The van der Waals surface area contributed by atoms with Gasteiger partial charge < -0.3 is 14.5 Å². The van der Waals surface area contributed by atoms with Gasteiger partial charge in [0.2, 0.25) is 5.91 Å². The Hall–Kier alpha value is -2.83. The Morgan fingerprint density at radius 1 is 1.20 bits per heavy atom. The highest BCUT2D eigenvalue weighted by molar-refractivity contribution is 7.10. The highest BCUT2D eigenvalue weighted by Gasteiger charge is 2.34. The predicted molar refractivity (Wildman–Crippen MR) is 141 cm³/mol. The van der Waals surface area contributed by atoms with Crippen molar-refractivity contribution < 1.29 is 14.3 Å². The van der Waals surface area contributed by atoms with Gasteiger partial charge in [0, 0.05) is 28.0 Å². The van der Waals surface area contributed by atoms with E-state index in [2.05, 4.69) is 11.4 Å². The largest absolute Gasteiger partial charge is 0.491 e. The molecule has 0 radical (unpaired) electrons. The molecule has 2 amide bonds. The third-order valence-electron chi connectivity index (χ3n) is 6.67. The molecule has 0 fully saturated rings. The fourth-order valence-electron chi connectivity index (χ4n) is 4.43. The minimum Gasteiger partial charge on any atom is -0.491 e. The third-order valence-corrected chi connectivity index (χ3v) is 7.90. The lowest BCUT2D eigenvalue weighted by atomic mass is 10.00. The lowest BCUT2D eigenvalue weighted by Gasteiger charge is -2.38. The zero-order valence-corrected chi connectivity index (χ0v) is 21.9. The van der Waals surface area contributed by atoms with E-state index in [1.165, 1.54) is 4.88 Å². The van der Waals surface area contributed by atoms with Crippen molar-refractivity contribution in [3.63, 3.8) is 0 Å². The summed E-state index contributed by atoms with van der Waals surface area (Å²) in [7, 11) is 0. The summed E-state index contributed by atoms with van der Waals surface area (Å²) in [6.07, 6.45) is 1.55. The minimum absolute atomic E-state index is 0.0146. The van der Waals surface area contributed by atoms with Crippen LogP contribution in [0.4, 0.5) is 0 Å². The second-order valence-corrected chi connectivity index (χ2v) is 10.4. The number of benzene rings is 2. The van der Waals surface area contributed by atoms with Gasteiger partial charge in [-0.3, -0.25) is 9.59 Å². The number of carbonyl (C=O) groups is 2. The minimum atomic E-state index is -0.197. The number of rotatable bonds is 8. The third kappa shape index (κ3) is 5.71. The number of carbonyl (C=O) groups excluding carboxylic acids is 2. The molecule has 1 aromatic heterocycles. The van der Waals surface area contributed by atoms with Crippen molar-refractivity contribution in [1.82, 2.24) is 9.80 Å². The molecule has 2 heterocycles. The molecule has 4 rings (SSSR count). The van der Waals surface area contributed by atoms with Crippen LogP contribution in [0.5, 0.6) is 5.75 Å². The molecule has 0 unspecified atom stereocenters. The van der Waals surface area contributed by atoms with E-state index < -0.39 is 0 Å². The molecule has 0 saturated heterocycles. The zero-order chi connectivity index (χ0) is 24.9. The lowest BCUT2D eigenvalue weighted by Crippen LogP contribution is -2.49. The Morgan fingerprint density at radius 2 is 2.00 bits per heavy atom. The van der Waals surface area contributed by atoms with Crippen LogP contribution in [0.2, 0.25) is 5.02 Å². The van der Waals surface area contributed by atoms with Gasteiger partial charge in [0.1, 0.15) is 18.9 Å². The first-order chi connectivity index (χ1) is 16.9. The molecule has 1 aliphatic rings.